The lowest BCUT2D eigenvalue weighted by Gasteiger charge is -2.42. The maximum absolute atomic E-state index is 14.2. The van der Waals surface area contributed by atoms with Gasteiger partial charge in [0, 0.05) is 4.88 Å². The van der Waals surface area contributed by atoms with Crippen molar-refractivity contribution in [3.05, 3.63) is 16.0 Å². The van der Waals surface area contributed by atoms with Crippen LogP contribution in [0, 0.1) is 6.92 Å². The van der Waals surface area contributed by atoms with Gasteiger partial charge in [-0.1, -0.05) is 6.92 Å². The standard InChI is InChI=1S/C19H14F17NO3S/c1-4-7-6(3)41-9(8(7)10(38)40-5-2)37-11(39)12(20,21)13(22,23)14(24,25)15(26,27)16(28,29)17(30,31)18(32,33)19(34,35)36/h4-5H2,1-3H3,(H,37,39). The second-order valence-electron chi connectivity index (χ2n) is 7.89. The lowest BCUT2D eigenvalue weighted by Crippen LogP contribution is -2.75. The summed E-state index contributed by atoms with van der Waals surface area (Å²) in [5.41, 5.74) is -0.912. The molecule has 0 saturated carbocycles. The normalized spacial score (nSPS) is 14.7. The van der Waals surface area contributed by atoms with E-state index in [-0.39, 0.29) is 28.2 Å². The average Bonchev–Trinajstić information content (AvgIpc) is 3.12. The minimum absolute atomic E-state index is 0.00902. The number of alkyl halides is 17. The number of carbonyl (C=O) groups excluding carboxylic acids is 2. The minimum atomic E-state index is -8.81. The Hall–Kier alpha value is -2.55. The summed E-state index contributed by atoms with van der Waals surface area (Å²) in [6, 6.07) is 0. The van der Waals surface area contributed by atoms with Crippen LogP contribution in [0.3, 0.4) is 0 Å². The van der Waals surface area contributed by atoms with Crippen LogP contribution in [0.5, 0.6) is 0 Å². The number of hydrogen-bond acceptors (Lipinski definition) is 4. The third kappa shape index (κ3) is 5.17. The van der Waals surface area contributed by atoms with E-state index in [1.165, 1.54) is 13.8 Å². The number of hydrogen-bond donors (Lipinski definition) is 1. The van der Waals surface area contributed by atoms with Gasteiger partial charge in [0.2, 0.25) is 0 Å². The van der Waals surface area contributed by atoms with Crippen LogP contribution in [0.1, 0.15) is 34.6 Å². The topological polar surface area (TPSA) is 55.4 Å². The van der Waals surface area contributed by atoms with E-state index in [2.05, 4.69) is 4.74 Å². The van der Waals surface area contributed by atoms with Crippen LogP contribution in [-0.4, -0.2) is 66.1 Å². The van der Waals surface area contributed by atoms with Crippen molar-refractivity contribution in [3.63, 3.8) is 0 Å². The van der Waals surface area contributed by atoms with Gasteiger partial charge in [0.05, 0.1) is 12.2 Å². The van der Waals surface area contributed by atoms with Crippen LogP contribution < -0.4 is 5.32 Å². The molecule has 0 unspecified atom stereocenters. The molecular weight excluding hydrogens is 645 g/mol. The Morgan fingerprint density at radius 1 is 0.683 bits per heavy atom. The first-order valence-corrected chi connectivity index (χ1v) is 11.1. The quantitative estimate of drug-likeness (QED) is 0.195. The molecule has 0 aliphatic carbocycles. The smallest absolute Gasteiger partial charge is 0.460 e. The molecule has 0 aliphatic rings. The van der Waals surface area contributed by atoms with Crippen LogP contribution in [-0.2, 0) is 16.0 Å². The third-order valence-electron chi connectivity index (χ3n) is 5.28. The number of rotatable bonds is 11. The van der Waals surface area contributed by atoms with Gasteiger partial charge in [0.1, 0.15) is 5.00 Å². The van der Waals surface area contributed by atoms with Crippen molar-refractivity contribution in [1.29, 1.82) is 0 Å². The number of carbonyl (C=O) groups is 2. The molecule has 0 saturated heterocycles. The Morgan fingerprint density at radius 2 is 1.07 bits per heavy atom. The van der Waals surface area contributed by atoms with Crippen molar-refractivity contribution in [2.75, 3.05) is 11.9 Å². The van der Waals surface area contributed by atoms with E-state index in [1.54, 1.807) is 0 Å². The van der Waals surface area contributed by atoms with Gasteiger partial charge in [-0.25, -0.2) is 4.79 Å². The molecule has 238 valence electrons. The Bertz CT molecular complexity index is 1160. The fraction of sp³-hybridized carbons (Fsp3) is 0.684. The molecule has 1 heterocycles. The van der Waals surface area contributed by atoms with Crippen molar-refractivity contribution in [1.82, 2.24) is 0 Å². The third-order valence-corrected chi connectivity index (χ3v) is 6.34. The number of nitrogens with one attached hydrogen (secondary N) is 1. The molecule has 0 radical (unpaired) electrons. The van der Waals surface area contributed by atoms with E-state index in [0.717, 1.165) is 12.2 Å². The lowest BCUT2D eigenvalue weighted by atomic mass is 9.89. The van der Waals surface area contributed by atoms with Gasteiger partial charge in [-0.2, -0.15) is 74.6 Å². The minimum Gasteiger partial charge on any atom is -0.462 e. The fourth-order valence-electron chi connectivity index (χ4n) is 3.00. The second-order valence-corrected chi connectivity index (χ2v) is 9.11. The molecule has 0 bridgehead atoms. The first-order chi connectivity index (χ1) is 18.0. The van der Waals surface area contributed by atoms with Crippen molar-refractivity contribution in [3.8, 4) is 0 Å². The van der Waals surface area contributed by atoms with E-state index < -0.39 is 76.7 Å². The zero-order valence-electron chi connectivity index (χ0n) is 20.0. The van der Waals surface area contributed by atoms with Crippen molar-refractivity contribution in [2.45, 2.75) is 74.8 Å². The van der Waals surface area contributed by atoms with E-state index in [1.807, 2.05) is 0 Å². The number of esters is 1. The van der Waals surface area contributed by atoms with E-state index in [9.17, 15) is 84.2 Å². The maximum Gasteiger partial charge on any atom is 0.460 e. The molecular formula is C19H14F17NO3S. The zero-order valence-corrected chi connectivity index (χ0v) is 20.8. The lowest BCUT2D eigenvalue weighted by molar-refractivity contribution is -0.459. The van der Waals surface area contributed by atoms with E-state index in [0.29, 0.717) is 0 Å². The fourth-order valence-corrected chi connectivity index (χ4v) is 4.13. The molecule has 1 N–H and O–H groups in total. The van der Waals surface area contributed by atoms with Crippen LogP contribution in [0.4, 0.5) is 79.6 Å². The molecule has 1 aromatic heterocycles. The van der Waals surface area contributed by atoms with E-state index in [4.69, 9.17) is 0 Å². The predicted octanol–water partition coefficient (Wildman–Crippen LogP) is 7.74. The number of anilines is 1. The van der Waals surface area contributed by atoms with Gasteiger partial charge in [-0.05, 0) is 25.8 Å². The largest absolute Gasteiger partial charge is 0.462 e. The molecule has 22 heteroatoms. The van der Waals surface area contributed by atoms with Crippen LogP contribution in [0.25, 0.3) is 0 Å². The SMILES string of the molecule is CCOC(=O)c1c(NC(=O)C(F)(F)C(F)(F)C(F)(F)C(F)(F)C(F)(F)C(F)(F)C(F)(F)C(F)(F)F)sc(C)c1CC. The number of thiophene rings is 1. The second kappa shape index (κ2) is 10.6. The summed E-state index contributed by atoms with van der Waals surface area (Å²) < 4.78 is 233. The molecule has 0 aliphatic heterocycles. The first kappa shape index (κ1) is 36.5. The molecule has 1 rings (SSSR count). The van der Waals surface area contributed by atoms with Crippen molar-refractivity contribution >= 4 is 28.2 Å². The van der Waals surface area contributed by atoms with Gasteiger partial charge in [0.25, 0.3) is 0 Å². The number of amides is 1. The molecule has 4 nitrogen and oxygen atoms in total. The highest BCUT2D eigenvalue weighted by Crippen LogP contribution is 2.64. The summed E-state index contributed by atoms with van der Waals surface area (Å²) in [7, 11) is 0. The number of halogens is 17. The Labute approximate surface area is 220 Å². The highest BCUT2D eigenvalue weighted by atomic mass is 32.1. The van der Waals surface area contributed by atoms with Crippen LogP contribution in [0.15, 0.2) is 0 Å². The summed E-state index contributed by atoms with van der Waals surface area (Å²) in [5.74, 6) is -63.8. The molecule has 0 aromatic carbocycles. The molecule has 0 spiro atoms. The zero-order chi connectivity index (χ0) is 33.0. The Kier molecular flexibility index (Phi) is 9.45. The summed E-state index contributed by atoms with van der Waals surface area (Å²) in [6.45, 7) is 3.28. The van der Waals surface area contributed by atoms with E-state index >= 15 is 0 Å². The van der Waals surface area contributed by atoms with Gasteiger partial charge in [-0.3, -0.25) is 4.79 Å². The van der Waals surface area contributed by atoms with Gasteiger partial charge in [-0.15, -0.1) is 11.3 Å². The average molecular weight is 659 g/mol. The molecule has 0 fully saturated rings. The first-order valence-electron chi connectivity index (χ1n) is 10.3. The number of aryl methyl sites for hydroxylation is 1. The molecule has 1 amide bonds. The highest BCUT2D eigenvalue weighted by Gasteiger charge is 2.95. The Morgan fingerprint density at radius 3 is 1.44 bits per heavy atom. The maximum atomic E-state index is 14.2. The monoisotopic (exact) mass is 659 g/mol. The molecule has 41 heavy (non-hydrogen) atoms. The number of ether oxygens (including phenoxy) is 1. The van der Waals surface area contributed by atoms with Crippen molar-refractivity contribution < 1.29 is 89.0 Å². The van der Waals surface area contributed by atoms with Crippen LogP contribution >= 0.6 is 11.3 Å². The van der Waals surface area contributed by atoms with Crippen LogP contribution in [0.2, 0.25) is 0 Å². The van der Waals surface area contributed by atoms with Gasteiger partial charge < -0.3 is 10.1 Å². The van der Waals surface area contributed by atoms with Crippen molar-refractivity contribution in [2.24, 2.45) is 0 Å². The van der Waals surface area contributed by atoms with Gasteiger partial charge >= 0.3 is 59.5 Å². The highest BCUT2D eigenvalue weighted by molar-refractivity contribution is 7.16. The summed E-state index contributed by atoms with van der Waals surface area (Å²) in [6.07, 6.45) is -8.01. The van der Waals surface area contributed by atoms with Gasteiger partial charge in [0.15, 0.2) is 0 Å². The summed E-state index contributed by atoms with van der Waals surface area (Å²) in [5, 5.41) is -0.349. The summed E-state index contributed by atoms with van der Waals surface area (Å²) in [4.78, 5) is 24.0. The predicted molar refractivity (Wildman–Crippen MR) is 104 cm³/mol. The molecule has 0 atom stereocenters. The summed E-state index contributed by atoms with van der Waals surface area (Å²) >= 11 is 0.145. The Balaban J connectivity index is 3.68. The molecule has 1 aromatic rings.